The van der Waals surface area contributed by atoms with Crippen molar-refractivity contribution in [1.82, 2.24) is 4.98 Å². The van der Waals surface area contributed by atoms with Crippen molar-refractivity contribution in [2.75, 3.05) is 5.73 Å². The van der Waals surface area contributed by atoms with Crippen LogP contribution in [0.1, 0.15) is 11.1 Å². The van der Waals surface area contributed by atoms with Crippen LogP contribution in [0.5, 0.6) is 5.75 Å². The van der Waals surface area contributed by atoms with Crippen LogP contribution in [0, 0.1) is 6.92 Å². The number of hydrogen-bond donors (Lipinski definition) is 1. The number of hydrogen-bond acceptors (Lipinski definition) is 3. The molecule has 18 heavy (non-hydrogen) atoms. The molecule has 0 spiro atoms. The second-order valence-corrected chi connectivity index (χ2v) is 5.26. The maximum absolute atomic E-state index is 5.88. The Morgan fingerprint density at radius 3 is 2.78 bits per heavy atom. The summed E-state index contributed by atoms with van der Waals surface area (Å²) in [5.41, 5.74) is 8.46. The Labute approximate surface area is 119 Å². The molecule has 2 aromatic rings. The van der Waals surface area contributed by atoms with E-state index in [1.807, 2.05) is 13.0 Å². The summed E-state index contributed by atoms with van der Waals surface area (Å²) in [5, 5.41) is 0.573. The van der Waals surface area contributed by atoms with Gasteiger partial charge in [-0.3, -0.25) is 4.98 Å². The predicted octanol–water partition coefficient (Wildman–Crippen LogP) is 3.97. The van der Waals surface area contributed by atoms with Crippen LogP contribution in [0.25, 0.3) is 0 Å². The number of nitrogen functional groups attached to an aromatic ring is 1. The summed E-state index contributed by atoms with van der Waals surface area (Å²) in [6.45, 7) is 2.40. The molecule has 0 aliphatic heterocycles. The molecule has 3 nitrogen and oxygen atoms in total. The summed E-state index contributed by atoms with van der Waals surface area (Å²) in [7, 11) is 0. The highest BCUT2D eigenvalue weighted by Gasteiger charge is 2.08. The highest BCUT2D eigenvalue weighted by Crippen LogP contribution is 2.35. The lowest BCUT2D eigenvalue weighted by Crippen LogP contribution is -2.00. The number of halogens is 2. The third-order valence-corrected chi connectivity index (χ3v) is 3.16. The molecule has 1 aromatic heterocycles. The number of rotatable bonds is 3. The summed E-state index contributed by atoms with van der Waals surface area (Å²) in [6.07, 6.45) is 3.57. The van der Waals surface area contributed by atoms with E-state index >= 15 is 0 Å². The summed E-state index contributed by atoms with van der Waals surface area (Å²) in [4.78, 5) is 4.11. The highest BCUT2D eigenvalue weighted by molar-refractivity contribution is 9.10. The Balaban J connectivity index is 2.16. The van der Waals surface area contributed by atoms with Crippen LogP contribution in [0.4, 0.5) is 5.69 Å². The number of pyridine rings is 1. The molecule has 0 fully saturated rings. The number of nitrogens with zero attached hydrogens (tertiary/aromatic N) is 1. The molecule has 5 heteroatoms. The Kier molecular flexibility index (Phi) is 4.09. The second kappa shape index (κ2) is 5.59. The zero-order valence-electron chi connectivity index (χ0n) is 9.78. The van der Waals surface area contributed by atoms with E-state index in [1.54, 1.807) is 24.5 Å². The van der Waals surface area contributed by atoms with Gasteiger partial charge in [-0.25, -0.2) is 0 Å². The van der Waals surface area contributed by atoms with E-state index < -0.39 is 0 Å². The van der Waals surface area contributed by atoms with Crippen molar-refractivity contribution >= 4 is 33.2 Å². The second-order valence-electron chi connectivity index (χ2n) is 3.97. The zero-order chi connectivity index (χ0) is 13.1. The van der Waals surface area contributed by atoms with Gasteiger partial charge in [-0.2, -0.15) is 0 Å². The van der Waals surface area contributed by atoms with Crippen LogP contribution in [0.2, 0.25) is 5.02 Å². The van der Waals surface area contributed by atoms with Gasteiger partial charge in [0.1, 0.15) is 6.61 Å². The van der Waals surface area contributed by atoms with E-state index in [0.717, 1.165) is 15.6 Å². The van der Waals surface area contributed by atoms with Crippen molar-refractivity contribution in [1.29, 1.82) is 0 Å². The lowest BCUT2D eigenvalue weighted by molar-refractivity contribution is 0.305. The average molecular weight is 328 g/mol. The van der Waals surface area contributed by atoms with E-state index in [9.17, 15) is 0 Å². The van der Waals surface area contributed by atoms with Crippen LogP contribution >= 0.6 is 27.5 Å². The van der Waals surface area contributed by atoms with Gasteiger partial charge in [0.2, 0.25) is 0 Å². The van der Waals surface area contributed by atoms with Crippen molar-refractivity contribution < 1.29 is 4.74 Å². The molecule has 2 rings (SSSR count). The Morgan fingerprint density at radius 1 is 1.33 bits per heavy atom. The third-order valence-electron chi connectivity index (χ3n) is 2.35. The maximum Gasteiger partial charge on any atom is 0.156 e. The first-order chi connectivity index (χ1) is 8.56. The fraction of sp³-hybridized carbons (Fsp3) is 0.154. The van der Waals surface area contributed by atoms with Gasteiger partial charge in [0.25, 0.3) is 0 Å². The standard InChI is InChI=1S/C13H12BrClN2O/c1-8-2-9(6-17-5-8)7-18-13-11(14)3-10(15)4-12(13)16/h2-6H,7,16H2,1H3. The molecule has 0 unspecified atom stereocenters. The third kappa shape index (κ3) is 3.15. The highest BCUT2D eigenvalue weighted by atomic mass is 79.9. The Bertz CT molecular complexity index is 552. The summed E-state index contributed by atoms with van der Waals surface area (Å²) in [6, 6.07) is 5.44. The van der Waals surface area contributed by atoms with E-state index in [-0.39, 0.29) is 0 Å². The summed E-state index contributed by atoms with van der Waals surface area (Å²) < 4.78 is 6.44. The van der Waals surface area contributed by atoms with Crippen LogP contribution in [0.15, 0.2) is 35.1 Å². The fourth-order valence-electron chi connectivity index (χ4n) is 1.58. The van der Waals surface area contributed by atoms with E-state index in [2.05, 4.69) is 20.9 Å². The minimum absolute atomic E-state index is 0.416. The SMILES string of the molecule is Cc1cncc(COc2c(N)cc(Cl)cc2Br)c1. The van der Waals surface area contributed by atoms with Crippen molar-refractivity contribution in [2.24, 2.45) is 0 Å². The molecule has 1 aromatic carbocycles. The minimum atomic E-state index is 0.416. The molecule has 0 amide bonds. The van der Waals surface area contributed by atoms with Gasteiger partial charge in [-0.15, -0.1) is 0 Å². The first-order valence-electron chi connectivity index (χ1n) is 5.34. The van der Waals surface area contributed by atoms with Gasteiger partial charge in [0.05, 0.1) is 10.2 Å². The average Bonchev–Trinajstić information content (AvgIpc) is 2.27. The Morgan fingerprint density at radius 2 is 2.11 bits per heavy atom. The van der Waals surface area contributed by atoms with E-state index in [4.69, 9.17) is 22.1 Å². The van der Waals surface area contributed by atoms with E-state index in [1.165, 1.54) is 0 Å². The largest absolute Gasteiger partial charge is 0.485 e. The molecule has 2 N–H and O–H groups in total. The van der Waals surface area contributed by atoms with E-state index in [0.29, 0.717) is 23.1 Å². The molecular weight excluding hydrogens is 316 g/mol. The lowest BCUT2D eigenvalue weighted by atomic mass is 10.2. The fourth-order valence-corrected chi connectivity index (χ4v) is 2.53. The number of nitrogens with two attached hydrogens (primary N) is 1. The molecule has 1 heterocycles. The summed E-state index contributed by atoms with van der Waals surface area (Å²) in [5.74, 6) is 0.598. The monoisotopic (exact) mass is 326 g/mol. The molecule has 0 radical (unpaired) electrons. The van der Waals surface area contributed by atoms with Gasteiger partial charge < -0.3 is 10.5 Å². The van der Waals surface area contributed by atoms with Crippen molar-refractivity contribution in [3.05, 3.63) is 51.2 Å². The van der Waals surface area contributed by atoms with Gasteiger partial charge in [0.15, 0.2) is 5.75 Å². The van der Waals surface area contributed by atoms with Crippen molar-refractivity contribution in [3.63, 3.8) is 0 Å². The van der Waals surface area contributed by atoms with Crippen LogP contribution in [0.3, 0.4) is 0 Å². The quantitative estimate of drug-likeness (QED) is 0.868. The van der Waals surface area contributed by atoms with Crippen LogP contribution < -0.4 is 10.5 Å². The number of anilines is 1. The predicted molar refractivity (Wildman–Crippen MR) is 76.9 cm³/mol. The normalized spacial score (nSPS) is 10.4. The topological polar surface area (TPSA) is 48.1 Å². The lowest BCUT2D eigenvalue weighted by Gasteiger charge is -2.11. The molecule has 0 bridgehead atoms. The smallest absolute Gasteiger partial charge is 0.156 e. The van der Waals surface area contributed by atoms with Gasteiger partial charge in [0, 0.05) is 23.0 Å². The molecule has 0 saturated heterocycles. The first-order valence-corrected chi connectivity index (χ1v) is 6.51. The number of ether oxygens (including phenoxy) is 1. The maximum atomic E-state index is 5.88. The molecule has 0 saturated carbocycles. The van der Waals surface area contributed by atoms with Crippen molar-refractivity contribution in [3.8, 4) is 5.75 Å². The first kappa shape index (κ1) is 13.2. The molecule has 94 valence electrons. The van der Waals surface area contributed by atoms with Gasteiger partial charge in [-0.05, 0) is 46.6 Å². The number of benzene rings is 1. The molecule has 0 aliphatic rings. The van der Waals surface area contributed by atoms with Gasteiger partial charge in [-0.1, -0.05) is 11.6 Å². The summed E-state index contributed by atoms with van der Waals surface area (Å²) >= 11 is 9.27. The zero-order valence-corrected chi connectivity index (χ0v) is 12.1. The number of aromatic nitrogens is 1. The van der Waals surface area contributed by atoms with Crippen LogP contribution in [-0.4, -0.2) is 4.98 Å². The molecule has 0 atom stereocenters. The van der Waals surface area contributed by atoms with Crippen molar-refractivity contribution in [2.45, 2.75) is 13.5 Å². The van der Waals surface area contributed by atoms with Gasteiger partial charge >= 0.3 is 0 Å². The number of aryl methyl sites for hydroxylation is 1. The molecule has 0 aliphatic carbocycles. The Hall–Kier alpha value is -1.26. The minimum Gasteiger partial charge on any atom is -0.485 e. The van der Waals surface area contributed by atoms with Crippen LogP contribution in [-0.2, 0) is 6.61 Å². The molecular formula is C13H12BrClN2O.